The summed E-state index contributed by atoms with van der Waals surface area (Å²) >= 11 is 6.70. The third-order valence-corrected chi connectivity index (χ3v) is 8.67. The van der Waals surface area contributed by atoms with E-state index in [1.54, 1.807) is 40.9 Å². The van der Waals surface area contributed by atoms with Crippen molar-refractivity contribution in [3.8, 4) is 23.2 Å². The molecule has 0 radical (unpaired) electrons. The smallest absolute Gasteiger partial charge is 0.417 e. The number of ether oxygens (including phenoxy) is 2. The summed E-state index contributed by atoms with van der Waals surface area (Å²) in [6.07, 6.45) is -6.73. The molecule has 8 nitrogen and oxygen atoms in total. The van der Waals surface area contributed by atoms with Crippen molar-refractivity contribution >= 4 is 55.0 Å². The van der Waals surface area contributed by atoms with Crippen molar-refractivity contribution in [3.05, 3.63) is 46.1 Å². The zero-order chi connectivity index (χ0) is 34.9. The number of halogens is 8. The molecular weight excluding hydrogens is 679 g/mol. The standard InChI is InChI=1S/C30H25ClF7N5O3S/c1-27(2,3)46-26(44)42-24-15(9-39)18-13(6-7-17(32)22(18)47-24)19-16(30(36,37)38)8-14-21(20(19)33)40-25(41-23(14)31)45-12-28(11-43(4)5)10-29(28,34)35/h6-8H,10-12H2,1-5H3,(H,42,44)/t28-/m1/s1. The van der Waals surface area contributed by atoms with Crippen LogP contribution in [0.3, 0.4) is 0 Å². The van der Waals surface area contributed by atoms with Crippen LogP contribution in [0.5, 0.6) is 6.01 Å². The second kappa shape index (κ2) is 11.6. The summed E-state index contributed by atoms with van der Waals surface area (Å²) in [5.74, 6) is -5.60. The number of nitrogens with zero attached hydrogens (tertiary/aromatic N) is 4. The molecule has 0 bridgehead atoms. The molecule has 0 aliphatic heterocycles. The predicted molar refractivity (Wildman–Crippen MR) is 161 cm³/mol. The average Bonchev–Trinajstić information content (AvgIpc) is 3.26. The first-order valence-electron chi connectivity index (χ1n) is 13.8. The number of carbonyl (C=O) groups excluding carboxylic acids is 1. The number of rotatable bonds is 7. The van der Waals surface area contributed by atoms with Gasteiger partial charge in [0, 0.05) is 29.3 Å². The van der Waals surface area contributed by atoms with Gasteiger partial charge in [-0.2, -0.15) is 28.4 Å². The highest BCUT2D eigenvalue weighted by Crippen LogP contribution is 2.60. The highest BCUT2D eigenvalue weighted by molar-refractivity contribution is 7.23. The van der Waals surface area contributed by atoms with Gasteiger partial charge < -0.3 is 14.4 Å². The van der Waals surface area contributed by atoms with E-state index in [0.29, 0.717) is 17.4 Å². The first kappa shape index (κ1) is 34.4. The molecule has 1 amide bonds. The number of hydrogen-bond acceptors (Lipinski definition) is 8. The number of benzene rings is 2. The Hall–Kier alpha value is -3.94. The number of alkyl halides is 5. The van der Waals surface area contributed by atoms with E-state index in [0.717, 1.165) is 12.1 Å². The van der Waals surface area contributed by atoms with Gasteiger partial charge in [-0.05, 0) is 52.6 Å². The fourth-order valence-corrected chi connectivity index (χ4v) is 6.54. The molecule has 250 valence electrons. The van der Waals surface area contributed by atoms with Gasteiger partial charge in [-0.1, -0.05) is 17.7 Å². The number of thiophene rings is 1. The van der Waals surface area contributed by atoms with Gasteiger partial charge in [-0.3, -0.25) is 5.32 Å². The second-order valence-corrected chi connectivity index (χ2v) is 13.7. The number of hydrogen-bond donors (Lipinski definition) is 1. The molecule has 2 aromatic heterocycles. The fourth-order valence-electron chi connectivity index (χ4n) is 5.26. The van der Waals surface area contributed by atoms with Gasteiger partial charge in [0.05, 0.1) is 21.2 Å². The molecule has 2 aromatic carbocycles. The molecule has 0 unspecified atom stereocenters. The Balaban J connectivity index is 1.69. The molecule has 4 aromatic rings. The molecule has 1 aliphatic rings. The Morgan fingerprint density at radius 1 is 1.19 bits per heavy atom. The quantitative estimate of drug-likeness (QED) is 0.152. The van der Waals surface area contributed by atoms with Crippen LogP contribution in [-0.4, -0.2) is 59.7 Å². The molecule has 1 fully saturated rings. The number of carbonyl (C=O) groups is 1. The third-order valence-electron chi connectivity index (χ3n) is 7.26. The normalized spacial score (nSPS) is 17.6. The Bertz CT molecular complexity index is 1970. The highest BCUT2D eigenvalue weighted by Gasteiger charge is 2.71. The van der Waals surface area contributed by atoms with Crippen molar-refractivity contribution in [1.29, 1.82) is 5.26 Å². The molecule has 0 saturated heterocycles. The zero-order valence-corrected chi connectivity index (χ0v) is 26.9. The van der Waals surface area contributed by atoms with Crippen molar-refractivity contribution in [2.75, 3.05) is 32.6 Å². The van der Waals surface area contributed by atoms with Crippen LogP contribution in [0.25, 0.3) is 32.1 Å². The van der Waals surface area contributed by atoms with E-state index in [2.05, 4.69) is 15.3 Å². The van der Waals surface area contributed by atoms with Crippen molar-refractivity contribution in [2.45, 2.75) is 44.9 Å². The number of nitrogens with one attached hydrogen (secondary N) is 1. The van der Waals surface area contributed by atoms with Crippen LogP contribution < -0.4 is 10.1 Å². The number of amides is 1. The van der Waals surface area contributed by atoms with E-state index in [1.807, 2.05) is 0 Å². The maximum absolute atomic E-state index is 16.5. The minimum absolute atomic E-state index is 0.0675. The summed E-state index contributed by atoms with van der Waals surface area (Å²) in [6, 6.07) is 3.24. The van der Waals surface area contributed by atoms with E-state index in [4.69, 9.17) is 21.1 Å². The molecule has 47 heavy (non-hydrogen) atoms. The van der Waals surface area contributed by atoms with E-state index in [-0.39, 0.29) is 16.2 Å². The van der Waals surface area contributed by atoms with Crippen molar-refractivity contribution < 1.29 is 45.0 Å². The lowest BCUT2D eigenvalue weighted by molar-refractivity contribution is -0.137. The fraction of sp³-hybridized carbons (Fsp3) is 0.400. The van der Waals surface area contributed by atoms with E-state index >= 15 is 8.78 Å². The monoisotopic (exact) mass is 703 g/mol. The van der Waals surface area contributed by atoms with E-state index in [1.165, 1.54) is 4.90 Å². The first-order valence-corrected chi connectivity index (χ1v) is 15.0. The summed E-state index contributed by atoms with van der Waals surface area (Å²) in [4.78, 5) is 21.6. The van der Waals surface area contributed by atoms with Crippen molar-refractivity contribution in [1.82, 2.24) is 14.9 Å². The summed E-state index contributed by atoms with van der Waals surface area (Å²) in [5.41, 5.74) is -6.94. The molecule has 0 spiro atoms. The molecule has 17 heteroatoms. The van der Waals surface area contributed by atoms with Crippen LogP contribution in [-0.2, 0) is 10.9 Å². The maximum atomic E-state index is 16.5. The average molecular weight is 704 g/mol. The Morgan fingerprint density at radius 2 is 1.85 bits per heavy atom. The summed E-state index contributed by atoms with van der Waals surface area (Å²) < 4.78 is 114. The third kappa shape index (κ3) is 6.48. The number of nitriles is 1. The van der Waals surface area contributed by atoms with Gasteiger partial charge in [0.25, 0.3) is 5.92 Å². The molecule has 2 heterocycles. The van der Waals surface area contributed by atoms with Crippen LogP contribution in [0.2, 0.25) is 5.15 Å². The zero-order valence-electron chi connectivity index (χ0n) is 25.3. The molecule has 1 aliphatic carbocycles. The first-order chi connectivity index (χ1) is 21.7. The largest absolute Gasteiger partial charge is 0.463 e. The Kier molecular flexibility index (Phi) is 8.52. The maximum Gasteiger partial charge on any atom is 0.417 e. The van der Waals surface area contributed by atoms with E-state index < -0.39 is 104 Å². The van der Waals surface area contributed by atoms with Crippen LogP contribution in [0.15, 0.2) is 18.2 Å². The van der Waals surface area contributed by atoms with Gasteiger partial charge in [-0.15, -0.1) is 11.3 Å². The van der Waals surface area contributed by atoms with Crippen LogP contribution in [0.1, 0.15) is 38.3 Å². The van der Waals surface area contributed by atoms with Crippen molar-refractivity contribution in [2.24, 2.45) is 5.41 Å². The van der Waals surface area contributed by atoms with E-state index in [9.17, 15) is 32.0 Å². The van der Waals surface area contributed by atoms with Crippen LogP contribution in [0.4, 0.5) is 40.5 Å². The van der Waals surface area contributed by atoms with Crippen LogP contribution >= 0.6 is 22.9 Å². The van der Waals surface area contributed by atoms with Crippen LogP contribution in [0, 0.1) is 28.4 Å². The molecule has 5 rings (SSSR count). The van der Waals surface area contributed by atoms with Gasteiger partial charge in [0.1, 0.15) is 39.8 Å². The molecule has 1 saturated carbocycles. The lowest BCUT2D eigenvalue weighted by atomic mass is 9.92. The number of anilines is 1. The van der Waals surface area contributed by atoms with Crippen molar-refractivity contribution in [3.63, 3.8) is 0 Å². The van der Waals surface area contributed by atoms with Gasteiger partial charge in [0.2, 0.25) is 0 Å². The Morgan fingerprint density at radius 3 is 2.40 bits per heavy atom. The van der Waals surface area contributed by atoms with Gasteiger partial charge in [0.15, 0.2) is 5.82 Å². The molecule has 1 N–H and O–H groups in total. The predicted octanol–water partition coefficient (Wildman–Crippen LogP) is 8.65. The number of aromatic nitrogens is 2. The van der Waals surface area contributed by atoms with Gasteiger partial charge >= 0.3 is 18.3 Å². The Labute approximate surface area is 272 Å². The minimum Gasteiger partial charge on any atom is -0.463 e. The lowest BCUT2D eigenvalue weighted by Crippen LogP contribution is -2.32. The topological polar surface area (TPSA) is 100 Å². The number of fused-ring (bicyclic) bond motifs is 2. The summed E-state index contributed by atoms with van der Waals surface area (Å²) in [5, 5.41) is 10.4. The molecule has 1 atom stereocenters. The molecular formula is C30H25ClF7N5O3S. The lowest BCUT2D eigenvalue weighted by Gasteiger charge is -2.21. The SMILES string of the molecule is CN(C)C[C@@]1(COc2nc(Cl)c3cc(C(F)(F)F)c(-c4ccc(F)c5sc(NC(=O)OC(C)(C)C)c(C#N)c45)c(F)c3n2)CC1(F)F. The second-order valence-electron chi connectivity index (χ2n) is 12.3. The summed E-state index contributed by atoms with van der Waals surface area (Å²) in [7, 11) is 3.17. The highest BCUT2D eigenvalue weighted by atomic mass is 35.5. The van der Waals surface area contributed by atoms with Gasteiger partial charge in [-0.25, -0.2) is 22.4 Å². The summed E-state index contributed by atoms with van der Waals surface area (Å²) in [6.45, 7) is 4.04. The minimum atomic E-state index is -5.21.